The van der Waals surface area contributed by atoms with Gasteiger partial charge in [0.2, 0.25) is 10.0 Å². The van der Waals surface area contributed by atoms with Gasteiger partial charge in [-0.05, 0) is 60.8 Å². The molecule has 47 heavy (non-hydrogen) atoms. The van der Waals surface area contributed by atoms with Crippen LogP contribution in [0.25, 0.3) is 11.1 Å². The Hall–Kier alpha value is -5.04. The summed E-state index contributed by atoms with van der Waals surface area (Å²) in [4.78, 5) is 33.9. The highest BCUT2D eigenvalue weighted by Gasteiger charge is 2.21. The Labute approximate surface area is 274 Å². The number of nitrogens with two attached hydrogens (primary N) is 2. The number of amides is 3. The molecule has 1 fully saturated rings. The van der Waals surface area contributed by atoms with Gasteiger partial charge in [-0.3, -0.25) is 0 Å². The Kier molecular flexibility index (Phi) is 10.7. The molecule has 1 heterocycles. The van der Waals surface area contributed by atoms with Crippen molar-refractivity contribution in [3.8, 4) is 11.1 Å². The largest absolute Gasteiger partial charge is 0.444 e. The lowest BCUT2D eigenvalue weighted by molar-refractivity contribution is 0.0636. The smallest absolute Gasteiger partial charge is 0.435 e. The number of hydrogen-bond donors (Lipinski definition) is 3. The summed E-state index contributed by atoms with van der Waals surface area (Å²) in [6.07, 6.45) is 0.610. The second-order valence-corrected chi connectivity index (χ2v) is 13.0. The molecule has 1 saturated heterocycles. The van der Waals surface area contributed by atoms with E-state index < -0.39 is 16.1 Å². The molecule has 4 aromatic carbocycles. The van der Waals surface area contributed by atoms with E-state index in [9.17, 15) is 18.0 Å². The Balaban J connectivity index is 1.30. The van der Waals surface area contributed by atoms with Gasteiger partial charge in [-0.1, -0.05) is 78.9 Å². The van der Waals surface area contributed by atoms with Crippen molar-refractivity contribution in [2.24, 2.45) is 15.9 Å². The number of carbonyl (C=O) groups excluding carboxylic acids is 2. The lowest BCUT2D eigenvalue weighted by Gasteiger charge is -2.27. The van der Waals surface area contributed by atoms with Crippen molar-refractivity contribution in [1.29, 1.82) is 0 Å². The maximum atomic E-state index is 13.6. The molecule has 0 spiro atoms. The lowest BCUT2D eigenvalue weighted by atomic mass is 10.1. The molecule has 0 radical (unpaired) electrons. The molecule has 3 amide bonds. The minimum absolute atomic E-state index is 0.0212. The minimum atomic E-state index is -3.92. The maximum Gasteiger partial charge on any atom is 0.435 e. The van der Waals surface area contributed by atoms with Gasteiger partial charge in [0, 0.05) is 43.0 Å². The third-order valence-corrected chi connectivity index (χ3v) is 8.85. The minimum Gasteiger partial charge on any atom is -0.444 e. The lowest BCUT2D eigenvalue weighted by Crippen LogP contribution is -2.35. The van der Waals surface area contributed by atoms with Crippen molar-refractivity contribution in [2.75, 3.05) is 25.5 Å². The molecule has 0 unspecified atom stereocenters. The average Bonchev–Trinajstić information content (AvgIpc) is 3.06. The summed E-state index contributed by atoms with van der Waals surface area (Å²) in [6, 6.07) is 29.8. The van der Waals surface area contributed by atoms with E-state index in [1.54, 1.807) is 65.6 Å². The number of urea groups is 1. The molecule has 0 aromatic heterocycles. The van der Waals surface area contributed by atoms with Crippen molar-refractivity contribution >= 4 is 33.7 Å². The topological polar surface area (TPSA) is 160 Å². The quantitative estimate of drug-likeness (QED) is 0.166. The first kappa shape index (κ1) is 33.3. The monoisotopic (exact) mass is 654 g/mol. The Morgan fingerprint density at radius 2 is 1.53 bits per heavy atom. The summed E-state index contributed by atoms with van der Waals surface area (Å²) in [7, 11) is -1.89. The van der Waals surface area contributed by atoms with E-state index in [1.165, 1.54) is 6.07 Å². The number of ether oxygens (including phenoxy) is 1. The molecule has 4 aromatic rings. The molecule has 0 aliphatic carbocycles. The molecular formula is C35H38N6O5S. The zero-order chi connectivity index (χ0) is 33.4. The summed E-state index contributed by atoms with van der Waals surface area (Å²) in [5, 5.41) is 8.35. The van der Waals surface area contributed by atoms with Crippen LogP contribution in [0.1, 0.15) is 29.5 Å². The number of hydrogen-bond acceptors (Lipinski definition) is 6. The van der Waals surface area contributed by atoms with E-state index in [1.807, 2.05) is 43.4 Å². The number of piperidine rings is 1. The predicted octanol–water partition coefficient (Wildman–Crippen LogP) is 5.17. The number of primary sulfonamides is 1. The first-order valence-corrected chi connectivity index (χ1v) is 16.7. The Bertz CT molecular complexity index is 1840. The van der Waals surface area contributed by atoms with Crippen LogP contribution in [-0.4, -0.2) is 62.4 Å². The van der Waals surface area contributed by atoms with E-state index in [4.69, 9.17) is 15.6 Å². The Morgan fingerprint density at radius 3 is 2.23 bits per heavy atom. The fourth-order valence-electron chi connectivity index (χ4n) is 5.38. The fourth-order valence-corrected chi connectivity index (χ4v) is 6.14. The van der Waals surface area contributed by atoms with E-state index in [0.717, 1.165) is 37.1 Å². The molecule has 0 saturated carbocycles. The van der Waals surface area contributed by atoms with Crippen LogP contribution in [0, 0.1) is 0 Å². The Morgan fingerprint density at radius 1 is 0.894 bits per heavy atom. The zero-order valence-corrected chi connectivity index (χ0v) is 26.9. The van der Waals surface area contributed by atoms with Gasteiger partial charge in [0.1, 0.15) is 11.9 Å². The number of carbonyl (C=O) groups is 2. The molecule has 1 aliphatic heterocycles. The van der Waals surface area contributed by atoms with Crippen LogP contribution >= 0.6 is 0 Å². The first-order chi connectivity index (χ1) is 22.5. The molecule has 5 N–H and O–H groups in total. The van der Waals surface area contributed by atoms with Crippen molar-refractivity contribution in [3.05, 3.63) is 120 Å². The number of anilines is 1. The third-order valence-electron chi connectivity index (χ3n) is 7.89. The second-order valence-electron chi connectivity index (χ2n) is 11.5. The van der Waals surface area contributed by atoms with Crippen LogP contribution in [-0.2, 0) is 27.8 Å². The SMILES string of the molecule is CN1CCC(OC(=O)N=C(N)c2cccc(CN(Cc3ccccc3)C(=O)Nc3ccc(-c4ccccc4S(N)(=O)=O)cc3)c2)CC1. The molecule has 5 rings (SSSR count). The van der Waals surface area contributed by atoms with E-state index in [-0.39, 0.29) is 29.4 Å². The fraction of sp³-hybridized carbons (Fsp3) is 0.229. The number of sulfonamides is 1. The zero-order valence-electron chi connectivity index (χ0n) is 26.1. The van der Waals surface area contributed by atoms with Gasteiger partial charge >= 0.3 is 12.1 Å². The highest BCUT2D eigenvalue weighted by molar-refractivity contribution is 7.89. The van der Waals surface area contributed by atoms with Crippen molar-refractivity contribution < 1.29 is 22.7 Å². The number of benzene rings is 4. The van der Waals surface area contributed by atoms with Crippen LogP contribution in [0.15, 0.2) is 113 Å². The van der Waals surface area contributed by atoms with Crippen molar-refractivity contribution in [3.63, 3.8) is 0 Å². The molecule has 0 atom stereocenters. The van der Waals surface area contributed by atoms with Crippen molar-refractivity contribution in [2.45, 2.75) is 36.9 Å². The van der Waals surface area contributed by atoms with Gasteiger partial charge < -0.3 is 25.6 Å². The van der Waals surface area contributed by atoms with Crippen LogP contribution in [0.4, 0.5) is 15.3 Å². The van der Waals surface area contributed by atoms with Crippen LogP contribution in [0.2, 0.25) is 0 Å². The normalized spacial score (nSPS) is 14.4. The third kappa shape index (κ3) is 9.26. The van der Waals surface area contributed by atoms with Crippen LogP contribution < -0.4 is 16.2 Å². The molecule has 12 heteroatoms. The van der Waals surface area contributed by atoms with Crippen LogP contribution in [0.3, 0.4) is 0 Å². The van der Waals surface area contributed by atoms with Gasteiger partial charge in [0.05, 0.1) is 4.90 Å². The van der Waals surface area contributed by atoms with E-state index in [0.29, 0.717) is 28.9 Å². The highest BCUT2D eigenvalue weighted by atomic mass is 32.2. The molecule has 0 bridgehead atoms. The summed E-state index contributed by atoms with van der Waals surface area (Å²) in [5.74, 6) is 0.0351. The highest BCUT2D eigenvalue weighted by Crippen LogP contribution is 2.28. The molecule has 1 aliphatic rings. The predicted molar refractivity (Wildman–Crippen MR) is 182 cm³/mol. The number of amidine groups is 1. The second kappa shape index (κ2) is 15.0. The first-order valence-electron chi connectivity index (χ1n) is 15.2. The average molecular weight is 655 g/mol. The molecule has 244 valence electrons. The van der Waals surface area contributed by atoms with Crippen LogP contribution in [0.5, 0.6) is 0 Å². The van der Waals surface area contributed by atoms with Crippen molar-refractivity contribution in [1.82, 2.24) is 9.80 Å². The molecule has 11 nitrogen and oxygen atoms in total. The van der Waals surface area contributed by atoms with E-state index >= 15 is 0 Å². The van der Waals surface area contributed by atoms with Gasteiger partial charge in [-0.25, -0.2) is 23.1 Å². The van der Waals surface area contributed by atoms with E-state index in [2.05, 4.69) is 15.2 Å². The summed E-state index contributed by atoms with van der Waals surface area (Å²) in [5.41, 5.74) is 10.1. The number of likely N-dealkylation sites (tertiary alicyclic amines) is 1. The van der Waals surface area contributed by atoms with Gasteiger partial charge in [0.25, 0.3) is 0 Å². The summed E-state index contributed by atoms with van der Waals surface area (Å²) in [6.45, 7) is 2.27. The number of nitrogens with one attached hydrogen (secondary N) is 1. The summed E-state index contributed by atoms with van der Waals surface area (Å²) >= 11 is 0. The van der Waals surface area contributed by atoms with Gasteiger partial charge in [-0.2, -0.15) is 4.99 Å². The van der Waals surface area contributed by atoms with Gasteiger partial charge in [0.15, 0.2) is 0 Å². The maximum absolute atomic E-state index is 13.6. The number of aliphatic imine (C=N–C) groups is 1. The number of nitrogens with zero attached hydrogens (tertiary/aromatic N) is 3. The number of rotatable bonds is 9. The standard InChI is InChI=1S/C35H38N6O5S/c1-40-20-18-30(19-21-40)46-35(43)39-33(36)28-11-7-10-26(22-28)24-41(23-25-8-3-2-4-9-25)34(42)38-29-16-14-27(15-17-29)31-12-5-6-13-32(31)47(37,44)45/h2-17,22,30H,18-21,23-24H2,1H3,(H,38,42)(H2,36,39,43)(H2,37,44,45). The van der Waals surface area contributed by atoms with Gasteiger partial charge in [-0.15, -0.1) is 0 Å². The summed E-state index contributed by atoms with van der Waals surface area (Å²) < 4.78 is 29.7. The molecular weight excluding hydrogens is 616 g/mol.